The number of nitriles is 1. The molecular formula is C25H30BrN3O4. The topological polar surface area (TPSA) is 93.5 Å². The van der Waals surface area contributed by atoms with Gasteiger partial charge in [0, 0.05) is 19.8 Å². The third kappa shape index (κ3) is 10.2. The molecule has 1 aromatic carbocycles. The second-order valence-corrected chi connectivity index (χ2v) is 7.88. The van der Waals surface area contributed by atoms with Gasteiger partial charge in [-0.1, -0.05) is 18.2 Å². The highest BCUT2D eigenvalue weighted by atomic mass is 79.9. The molecule has 2 rings (SSSR count). The van der Waals surface area contributed by atoms with Crippen molar-refractivity contribution in [2.45, 2.75) is 39.4 Å². The molecule has 2 aromatic rings. The number of rotatable bonds is 14. The average Bonchev–Trinajstić information content (AvgIpc) is 2.81. The summed E-state index contributed by atoms with van der Waals surface area (Å²) in [5.74, 6) is 0.379. The zero-order valence-corrected chi connectivity index (χ0v) is 20.6. The molecule has 1 aromatic heterocycles. The molecule has 7 nitrogen and oxygen atoms in total. The molecule has 0 saturated carbocycles. The molecular weight excluding hydrogens is 486 g/mol. The second kappa shape index (κ2) is 15.2. The maximum atomic E-state index is 12.3. The van der Waals surface area contributed by atoms with Crippen molar-refractivity contribution in [1.29, 1.82) is 5.26 Å². The van der Waals surface area contributed by atoms with Crippen LogP contribution in [0.3, 0.4) is 0 Å². The first-order valence-corrected chi connectivity index (χ1v) is 11.8. The van der Waals surface area contributed by atoms with E-state index in [9.17, 15) is 10.1 Å². The van der Waals surface area contributed by atoms with E-state index in [-0.39, 0.29) is 11.9 Å². The number of ether oxygens (including phenoxy) is 3. The lowest BCUT2D eigenvalue weighted by Crippen LogP contribution is -2.25. The maximum Gasteiger partial charge on any atom is 0.262 e. The number of pyridine rings is 1. The standard InChI is InChI=1S/C25H30BrN3O4/c1-3-31-24(32-4-2)18-33-22-13-11-19(12-14-22)8-5-6-15-28-25(30)20(17-27)16-21-9-7-10-23(26)29-21/h7,9-14,16,24H,3-6,8,15,18H2,1-2H3,(H,28,30)/b20-16+. The van der Waals surface area contributed by atoms with Crippen LogP contribution in [0.1, 0.15) is 37.9 Å². The molecule has 0 unspecified atom stereocenters. The summed E-state index contributed by atoms with van der Waals surface area (Å²) in [6.07, 6.45) is 3.73. The monoisotopic (exact) mass is 515 g/mol. The molecule has 176 valence electrons. The predicted octanol–water partition coefficient (Wildman–Crippen LogP) is 4.67. The summed E-state index contributed by atoms with van der Waals surface area (Å²) in [4.78, 5) is 16.5. The molecule has 0 aliphatic carbocycles. The Hall–Kier alpha value is -2.73. The van der Waals surface area contributed by atoms with Crippen LogP contribution in [0, 0.1) is 11.3 Å². The highest BCUT2D eigenvalue weighted by Gasteiger charge is 2.10. The fourth-order valence-electron chi connectivity index (χ4n) is 2.98. The highest BCUT2D eigenvalue weighted by molar-refractivity contribution is 9.10. The van der Waals surface area contributed by atoms with Gasteiger partial charge in [0.1, 0.15) is 28.6 Å². The Labute approximate surface area is 203 Å². The van der Waals surface area contributed by atoms with Crippen molar-refractivity contribution in [3.63, 3.8) is 0 Å². The largest absolute Gasteiger partial charge is 0.488 e. The zero-order valence-electron chi connectivity index (χ0n) is 19.1. The molecule has 33 heavy (non-hydrogen) atoms. The molecule has 1 heterocycles. The molecule has 8 heteroatoms. The molecule has 0 radical (unpaired) electrons. The van der Waals surface area contributed by atoms with E-state index in [1.165, 1.54) is 11.6 Å². The number of amides is 1. The van der Waals surface area contributed by atoms with E-state index < -0.39 is 5.91 Å². The van der Waals surface area contributed by atoms with Crippen LogP contribution in [0.5, 0.6) is 5.75 Å². The maximum absolute atomic E-state index is 12.3. The lowest BCUT2D eigenvalue weighted by molar-refractivity contribution is -0.152. The van der Waals surface area contributed by atoms with Crippen molar-refractivity contribution in [1.82, 2.24) is 10.3 Å². The molecule has 0 saturated heterocycles. The first-order chi connectivity index (χ1) is 16.0. The SMILES string of the molecule is CCOC(COc1ccc(CCCCNC(=O)/C(C#N)=C/c2cccc(Br)n2)cc1)OCC. The number of hydrogen-bond acceptors (Lipinski definition) is 6. The molecule has 0 atom stereocenters. The molecule has 0 fully saturated rings. The van der Waals surface area contributed by atoms with Crippen molar-refractivity contribution in [2.24, 2.45) is 0 Å². The first kappa shape index (κ1) is 26.5. The zero-order chi connectivity index (χ0) is 23.9. The molecule has 0 bridgehead atoms. The number of carbonyl (C=O) groups is 1. The second-order valence-electron chi connectivity index (χ2n) is 7.06. The summed E-state index contributed by atoms with van der Waals surface area (Å²) in [5.41, 5.74) is 1.78. The van der Waals surface area contributed by atoms with Gasteiger partial charge in [-0.15, -0.1) is 0 Å². The van der Waals surface area contributed by atoms with E-state index >= 15 is 0 Å². The van der Waals surface area contributed by atoms with E-state index in [0.29, 0.717) is 36.7 Å². The van der Waals surface area contributed by atoms with Gasteiger partial charge in [0.2, 0.25) is 0 Å². The number of hydrogen-bond donors (Lipinski definition) is 1. The highest BCUT2D eigenvalue weighted by Crippen LogP contribution is 2.15. The third-order valence-corrected chi connectivity index (χ3v) is 5.03. The predicted molar refractivity (Wildman–Crippen MR) is 130 cm³/mol. The normalized spacial score (nSPS) is 11.3. The third-order valence-electron chi connectivity index (χ3n) is 4.59. The van der Waals surface area contributed by atoms with Gasteiger partial charge in [0.05, 0.1) is 5.69 Å². The smallest absolute Gasteiger partial charge is 0.262 e. The Balaban J connectivity index is 1.70. The number of aromatic nitrogens is 1. The molecule has 0 spiro atoms. The number of carbonyl (C=O) groups excluding carboxylic acids is 1. The van der Waals surface area contributed by atoms with E-state index in [2.05, 4.69) is 26.2 Å². The van der Waals surface area contributed by atoms with E-state index in [0.717, 1.165) is 25.0 Å². The van der Waals surface area contributed by atoms with E-state index in [4.69, 9.17) is 14.2 Å². The van der Waals surface area contributed by atoms with Crippen LogP contribution in [0.4, 0.5) is 0 Å². The minimum absolute atomic E-state index is 0.0344. The van der Waals surface area contributed by atoms with Crippen molar-refractivity contribution in [3.05, 3.63) is 63.9 Å². The van der Waals surface area contributed by atoms with Crippen LogP contribution in [0.15, 0.2) is 52.6 Å². The summed E-state index contributed by atoms with van der Waals surface area (Å²) in [7, 11) is 0. The van der Waals surface area contributed by atoms with Gasteiger partial charge in [-0.2, -0.15) is 5.26 Å². The van der Waals surface area contributed by atoms with Crippen molar-refractivity contribution in [3.8, 4) is 11.8 Å². The summed E-state index contributed by atoms with van der Waals surface area (Å²) in [6.45, 7) is 5.84. The van der Waals surface area contributed by atoms with Crippen molar-refractivity contribution >= 4 is 27.9 Å². The van der Waals surface area contributed by atoms with Gasteiger partial charge in [-0.05, 0) is 84.9 Å². The van der Waals surface area contributed by atoms with Gasteiger partial charge >= 0.3 is 0 Å². The quantitative estimate of drug-likeness (QED) is 0.129. The van der Waals surface area contributed by atoms with Crippen LogP contribution in [-0.2, 0) is 20.7 Å². The molecule has 1 amide bonds. The van der Waals surface area contributed by atoms with Crippen LogP contribution in [0.25, 0.3) is 6.08 Å². The number of unbranched alkanes of at least 4 members (excludes halogenated alkanes) is 1. The van der Waals surface area contributed by atoms with Gasteiger partial charge in [0.25, 0.3) is 5.91 Å². The van der Waals surface area contributed by atoms with Crippen molar-refractivity contribution in [2.75, 3.05) is 26.4 Å². The minimum atomic E-state index is -0.391. The minimum Gasteiger partial charge on any atom is -0.488 e. The summed E-state index contributed by atoms with van der Waals surface area (Å²) >= 11 is 3.28. The number of aryl methyl sites for hydroxylation is 1. The van der Waals surface area contributed by atoms with Gasteiger partial charge in [-0.3, -0.25) is 4.79 Å². The van der Waals surface area contributed by atoms with Gasteiger partial charge < -0.3 is 19.5 Å². The fourth-order valence-corrected chi connectivity index (χ4v) is 3.34. The van der Waals surface area contributed by atoms with Crippen molar-refractivity contribution < 1.29 is 19.0 Å². The Morgan fingerprint density at radius 2 is 1.88 bits per heavy atom. The summed E-state index contributed by atoms with van der Waals surface area (Å²) in [6, 6.07) is 15.2. The average molecular weight is 516 g/mol. The Morgan fingerprint density at radius 3 is 2.52 bits per heavy atom. The number of halogens is 1. The Kier molecular flexibility index (Phi) is 12.2. The molecule has 0 aliphatic rings. The van der Waals surface area contributed by atoms with E-state index in [1.807, 2.05) is 44.2 Å². The number of nitrogens with one attached hydrogen (secondary N) is 1. The van der Waals surface area contributed by atoms with Crippen LogP contribution in [-0.4, -0.2) is 43.5 Å². The molecule has 1 N–H and O–H groups in total. The summed E-state index contributed by atoms with van der Waals surface area (Å²) in [5, 5.41) is 12.1. The van der Waals surface area contributed by atoms with E-state index in [1.54, 1.807) is 18.2 Å². The van der Waals surface area contributed by atoms with Crippen LogP contribution in [0.2, 0.25) is 0 Å². The number of nitrogens with zero attached hydrogens (tertiary/aromatic N) is 2. The Morgan fingerprint density at radius 1 is 1.15 bits per heavy atom. The lowest BCUT2D eigenvalue weighted by atomic mass is 10.1. The fraction of sp³-hybridized carbons (Fsp3) is 0.400. The Bertz CT molecular complexity index is 935. The lowest BCUT2D eigenvalue weighted by Gasteiger charge is -2.17. The van der Waals surface area contributed by atoms with Crippen LogP contribution >= 0.6 is 15.9 Å². The number of benzene rings is 1. The molecule has 0 aliphatic heterocycles. The summed E-state index contributed by atoms with van der Waals surface area (Å²) < 4.78 is 17.3. The first-order valence-electron chi connectivity index (χ1n) is 11.0. The van der Waals surface area contributed by atoms with Gasteiger partial charge in [0.15, 0.2) is 6.29 Å². The van der Waals surface area contributed by atoms with Crippen LogP contribution < -0.4 is 10.1 Å². The van der Waals surface area contributed by atoms with Gasteiger partial charge in [-0.25, -0.2) is 4.98 Å².